The van der Waals surface area contributed by atoms with Gasteiger partial charge in [-0.15, -0.1) is 0 Å². The molecule has 2 rings (SSSR count). The molecule has 2 aromatic rings. The second-order valence-electron chi connectivity index (χ2n) is 4.05. The molecule has 0 saturated heterocycles. The summed E-state index contributed by atoms with van der Waals surface area (Å²) in [6, 6.07) is 10.6. The van der Waals surface area contributed by atoms with Crippen LogP contribution in [0.15, 0.2) is 42.5 Å². The van der Waals surface area contributed by atoms with Gasteiger partial charge in [0, 0.05) is 0 Å². The first kappa shape index (κ1) is 14.3. The van der Waals surface area contributed by atoms with Gasteiger partial charge in [-0.2, -0.15) is 0 Å². The van der Waals surface area contributed by atoms with Gasteiger partial charge in [-0.25, -0.2) is 9.18 Å². The minimum Gasteiger partial charge on any atom is -0.487 e. The Labute approximate surface area is 120 Å². The van der Waals surface area contributed by atoms with E-state index in [1.54, 1.807) is 24.3 Å². The molecule has 104 valence electrons. The molecule has 0 radical (unpaired) electrons. The van der Waals surface area contributed by atoms with Crippen LogP contribution in [0.4, 0.5) is 4.39 Å². The topological polar surface area (TPSA) is 35.5 Å². The Hall–Kier alpha value is -2.07. The highest BCUT2D eigenvalue weighted by molar-refractivity contribution is 6.32. The first-order valence-electron chi connectivity index (χ1n) is 5.85. The molecule has 0 aliphatic rings. The fourth-order valence-electron chi connectivity index (χ4n) is 1.60. The summed E-state index contributed by atoms with van der Waals surface area (Å²) in [6.07, 6.45) is 0. The molecular formula is C15H12ClFO3. The predicted octanol–water partition coefficient (Wildman–Crippen LogP) is 3.84. The van der Waals surface area contributed by atoms with Crippen LogP contribution >= 0.6 is 11.6 Å². The Bertz CT molecular complexity index is 611. The molecule has 0 heterocycles. The normalized spacial score (nSPS) is 10.2. The lowest BCUT2D eigenvalue weighted by molar-refractivity contribution is 0.0600. The zero-order valence-electron chi connectivity index (χ0n) is 10.7. The number of hydrogen-bond donors (Lipinski definition) is 0. The maximum atomic E-state index is 12.8. The van der Waals surface area contributed by atoms with Crippen LogP contribution in [0.25, 0.3) is 0 Å². The van der Waals surface area contributed by atoms with Gasteiger partial charge >= 0.3 is 5.97 Å². The summed E-state index contributed by atoms with van der Waals surface area (Å²) >= 11 is 6.00. The lowest BCUT2D eigenvalue weighted by Gasteiger charge is -2.09. The summed E-state index contributed by atoms with van der Waals surface area (Å²) in [5.74, 6) is -0.397. The molecule has 0 N–H and O–H groups in total. The molecule has 0 aliphatic carbocycles. The van der Waals surface area contributed by atoms with Crippen LogP contribution in [0, 0.1) is 5.82 Å². The summed E-state index contributed by atoms with van der Waals surface area (Å²) in [4.78, 5) is 11.4. The van der Waals surface area contributed by atoms with Gasteiger partial charge in [0.1, 0.15) is 18.2 Å². The molecule has 0 bridgehead atoms. The van der Waals surface area contributed by atoms with E-state index in [1.165, 1.54) is 25.3 Å². The van der Waals surface area contributed by atoms with E-state index in [4.69, 9.17) is 16.3 Å². The van der Waals surface area contributed by atoms with Gasteiger partial charge < -0.3 is 9.47 Å². The molecule has 3 nitrogen and oxygen atoms in total. The van der Waals surface area contributed by atoms with Crippen LogP contribution in [0.2, 0.25) is 5.02 Å². The molecule has 0 atom stereocenters. The molecule has 0 aromatic heterocycles. The van der Waals surface area contributed by atoms with Crippen molar-refractivity contribution in [3.63, 3.8) is 0 Å². The minimum absolute atomic E-state index is 0.227. The van der Waals surface area contributed by atoms with E-state index in [0.717, 1.165) is 5.56 Å². The van der Waals surface area contributed by atoms with E-state index in [1.807, 2.05) is 0 Å². The van der Waals surface area contributed by atoms with Crippen molar-refractivity contribution < 1.29 is 18.7 Å². The van der Waals surface area contributed by atoms with Gasteiger partial charge in [0.25, 0.3) is 0 Å². The van der Waals surface area contributed by atoms with Crippen molar-refractivity contribution in [2.45, 2.75) is 6.61 Å². The number of rotatable bonds is 4. The van der Waals surface area contributed by atoms with Gasteiger partial charge in [-0.1, -0.05) is 23.7 Å². The molecular weight excluding hydrogens is 283 g/mol. The molecule has 0 unspecified atom stereocenters. The predicted molar refractivity (Wildman–Crippen MR) is 73.5 cm³/mol. The van der Waals surface area contributed by atoms with Crippen molar-refractivity contribution in [1.29, 1.82) is 0 Å². The van der Waals surface area contributed by atoms with E-state index < -0.39 is 5.97 Å². The lowest BCUT2D eigenvalue weighted by Crippen LogP contribution is -2.02. The van der Waals surface area contributed by atoms with Crippen LogP contribution < -0.4 is 4.74 Å². The van der Waals surface area contributed by atoms with Crippen LogP contribution in [0.5, 0.6) is 5.75 Å². The van der Waals surface area contributed by atoms with Gasteiger partial charge in [0.2, 0.25) is 0 Å². The molecule has 0 saturated carbocycles. The summed E-state index contributed by atoms with van der Waals surface area (Å²) in [5, 5.41) is 0.389. The van der Waals surface area contributed by atoms with Gasteiger partial charge in [-0.05, 0) is 35.9 Å². The molecule has 0 fully saturated rings. The lowest BCUT2D eigenvalue weighted by atomic mass is 10.2. The van der Waals surface area contributed by atoms with E-state index in [2.05, 4.69) is 4.74 Å². The van der Waals surface area contributed by atoms with Crippen LogP contribution in [0.3, 0.4) is 0 Å². The second-order valence-corrected chi connectivity index (χ2v) is 4.46. The standard InChI is InChI=1S/C15H12ClFO3/c1-19-15(18)11-4-7-13(16)14(8-11)20-9-10-2-5-12(17)6-3-10/h2-8H,9H2,1H3. The number of halogens is 2. The Morgan fingerprint density at radius 3 is 2.55 bits per heavy atom. The third kappa shape index (κ3) is 3.48. The first-order chi connectivity index (χ1) is 9.60. The van der Waals surface area contributed by atoms with Crippen LogP contribution in [0.1, 0.15) is 15.9 Å². The van der Waals surface area contributed by atoms with E-state index >= 15 is 0 Å². The Kier molecular flexibility index (Phi) is 4.58. The summed E-state index contributed by atoms with van der Waals surface area (Å²) in [5.41, 5.74) is 1.15. The highest BCUT2D eigenvalue weighted by Gasteiger charge is 2.10. The Morgan fingerprint density at radius 2 is 1.90 bits per heavy atom. The summed E-state index contributed by atoms with van der Waals surface area (Å²) < 4.78 is 22.9. The van der Waals surface area contributed by atoms with E-state index in [-0.39, 0.29) is 12.4 Å². The zero-order chi connectivity index (χ0) is 14.5. The van der Waals surface area contributed by atoms with Crippen molar-refractivity contribution in [3.8, 4) is 5.75 Å². The third-order valence-electron chi connectivity index (χ3n) is 2.66. The third-order valence-corrected chi connectivity index (χ3v) is 2.97. The van der Waals surface area contributed by atoms with E-state index in [0.29, 0.717) is 16.3 Å². The molecule has 0 spiro atoms. The molecule has 0 amide bonds. The molecule has 20 heavy (non-hydrogen) atoms. The highest BCUT2D eigenvalue weighted by Crippen LogP contribution is 2.26. The van der Waals surface area contributed by atoms with Crippen molar-refractivity contribution in [2.75, 3.05) is 7.11 Å². The average Bonchev–Trinajstić information content (AvgIpc) is 2.47. The molecule has 0 aliphatic heterocycles. The first-order valence-corrected chi connectivity index (χ1v) is 6.23. The number of esters is 1. The smallest absolute Gasteiger partial charge is 0.337 e. The quantitative estimate of drug-likeness (QED) is 0.804. The van der Waals surface area contributed by atoms with Crippen molar-refractivity contribution in [3.05, 3.63) is 64.4 Å². The van der Waals surface area contributed by atoms with Crippen LogP contribution in [-0.4, -0.2) is 13.1 Å². The summed E-state index contributed by atoms with van der Waals surface area (Å²) in [7, 11) is 1.30. The minimum atomic E-state index is -0.465. The largest absolute Gasteiger partial charge is 0.487 e. The number of methoxy groups -OCH3 is 1. The fraction of sp³-hybridized carbons (Fsp3) is 0.133. The Morgan fingerprint density at radius 1 is 1.20 bits per heavy atom. The fourth-order valence-corrected chi connectivity index (χ4v) is 1.77. The van der Waals surface area contributed by atoms with Crippen molar-refractivity contribution >= 4 is 17.6 Å². The number of carbonyl (C=O) groups is 1. The van der Waals surface area contributed by atoms with Gasteiger partial charge in [0.05, 0.1) is 17.7 Å². The zero-order valence-corrected chi connectivity index (χ0v) is 11.5. The van der Waals surface area contributed by atoms with Gasteiger partial charge in [0.15, 0.2) is 0 Å². The number of ether oxygens (including phenoxy) is 2. The molecule has 5 heteroatoms. The van der Waals surface area contributed by atoms with Gasteiger partial charge in [-0.3, -0.25) is 0 Å². The highest BCUT2D eigenvalue weighted by atomic mass is 35.5. The van der Waals surface area contributed by atoms with Crippen LogP contribution in [-0.2, 0) is 11.3 Å². The molecule has 2 aromatic carbocycles. The second kappa shape index (κ2) is 6.39. The number of hydrogen-bond acceptors (Lipinski definition) is 3. The Balaban J connectivity index is 2.12. The maximum absolute atomic E-state index is 12.8. The maximum Gasteiger partial charge on any atom is 0.337 e. The average molecular weight is 295 g/mol. The number of carbonyl (C=O) groups excluding carboxylic acids is 1. The van der Waals surface area contributed by atoms with Crippen molar-refractivity contribution in [1.82, 2.24) is 0 Å². The van der Waals surface area contributed by atoms with Crippen molar-refractivity contribution in [2.24, 2.45) is 0 Å². The SMILES string of the molecule is COC(=O)c1ccc(Cl)c(OCc2ccc(F)cc2)c1. The summed E-state index contributed by atoms with van der Waals surface area (Å²) in [6.45, 7) is 0.227. The number of benzene rings is 2. The monoisotopic (exact) mass is 294 g/mol. The van der Waals surface area contributed by atoms with E-state index in [9.17, 15) is 9.18 Å².